The molecule has 2 fully saturated rings. The van der Waals surface area contributed by atoms with Crippen LogP contribution in [-0.2, 0) is 25.6 Å². The molecule has 23 heavy (non-hydrogen) atoms. The number of benzene rings is 1. The highest BCUT2D eigenvalue weighted by Gasteiger charge is 2.56. The van der Waals surface area contributed by atoms with E-state index < -0.39 is 24.3 Å². The van der Waals surface area contributed by atoms with Crippen LogP contribution < -0.4 is 0 Å². The normalized spacial score (nSPS) is 33.6. The van der Waals surface area contributed by atoms with Crippen LogP contribution in [0.4, 0.5) is 0 Å². The zero-order chi connectivity index (χ0) is 16.6. The topological polar surface area (TPSA) is 57.2 Å². The molecule has 6 heteroatoms. The predicted molar refractivity (Wildman–Crippen MR) is 87.7 cm³/mol. The van der Waals surface area contributed by atoms with Crippen LogP contribution in [0.15, 0.2) is 28.7 Å². The zero-order valence-electron chi connectivity index (χ0n) is 13.6. The van der Waals surface area contributed by atoms with Crippen molar-refractivity contribution in [3.63, 3.8) is 0 Å². The summed E-state index contributed by atoms with van der Waals surface area (Å²) in [6, 6.07) is 7.90. The van der Waals surface area contributed by atoms with E-state index in [1.807, 2.05) is 45.0 Å². The van der Waals surface area contributed by atoms with Gasteiger partial charge in [-0.25, -0.2) is 0 Å². The highest BCUT2D eigenvalue weighted by Crippen LogP contribution is 2.40. The van der Waals surface area contributed by atoms with E-state index in [2.05, 4.69) is 15.9 Å². The van der Waals surface area contributed by atoms with Crippen molar-refractivity contribution in [2.75, 3.05) is 0 Å². The van der Waals surface area contributed by atoms with Crippen molar-refractivity contribution >= 4 is 15.9 Å². The number of aliphatic hydroxyl groups excluding tert-OH is 1. The number of fused-ring (bicyclic) bond motifs is 1. The van der Waals surface area contributed by atoms with Crippen molar-refractivity contribution in [2.45, 2.75) is 70.3 Å². The average molecular weight is 387 g/mol. The Morgan fingerprint density at radius 2 is 2.04 bits per heavy atom. The smallest absolute Gasteiger partial charge is 0.190 e. The largest absolute Gasteiger partial charge is 0.390 e. The Kier molecular flexibility index (Phi) is 5.11. The van der Waals surface area contributed by atoms with Gasteiger partial charge in [0.25, 0.3) is 0 Å². The molecule has 0 radical (unpaired) electrons. The summed E-state index contributed by atoms with van der Waals surface area (Å²) >= 11 is 3.52. The second-order valence-electron chi connectivity index (χ2n) is 6.41. The maximum atomic E-state index is 10.2. The lowest BCUT2D eigenvalue weighted by atomic mass is 10.0. The van der Waals surface area contributed by atoms with Gasteiger partial charge in [0, 0.05) is 4.47 Å². The molecule has 3 rings (SSSR count). The standard InChI is InChI=1S/C17H23BrO5/c1-4-12(19)13-14(15-16(21-13)23-17(2,3)22-15)20-9-10-7-5-6-8-11(10)18/h5-8,12-16,19H,4,9H2,1-3H3/t12-,13-,14+,15-,16-/m1/s1. The van der Waals surface area contributed by atoms with Gasteiger partial charge in [-0.3, -0.25) is 0 Å². The summed E-state index contributed by atoms with van der Waals surface area (Å²) in [5, 5.41) is 10.2. The number of ether oxygens (including phenoxy) is 4. The van der Waals surface area contributed by atoms with Gasteiger partial charge >= 0.3 is 0 Å². The monoisotopic (exact) mass is 386 g/mol. The van der Waals surface area contributed by atoms with E-state index in [9.17, 15) is 5.11 Å². The van der Waals surface area contributed by atoms with Gasteiger partial charge in [-0.2, -0.15) is 0 Å². The van der Waals surface area contributed by atoms with E-state index in [0.717, 1.165) is 10.0 Å². The van der Waals surface area contributed by atoms with Gasteiger partial charge in [0.2, 0.25) is 0 Å². The van der Waals surface area contributed by atoms with Crippen LogP contribution in [0, 0.1) is 0 Å². The average Bonchev–Trinajstić information content (AvgIpc) is 2.98. The second kappa shape index (κ2) is 6.78. The van der Waals surface area contributed by atoms with Crippen LogP contribution in [0.1, 0.15) is 32.8 Å². The molecule has 5 nitrogen and oxygen atoms in total. The minimum absolute atomic E-state index is 0.335. The lowest BCUT2D eigenvalue weighted by molar-refractivity contribution is -0.230. The molecule has 2 heterocycles. The predicted octanol–water partition coefficient (Wildman–Crippen LogP) is 2.98. The van der Waals surface area contributed by atoms with E-state index in [1.54, 1.807) is 0 Å². The van der Waals surface area contributed by atoms with Crippen LogP contribution in [0.3, 0.4) is 0 Å². The minimum Gasteiger partial charge on any atom is -0.390 e. The molecule has 0 saturated carbocycles. The fourth-order valence-corrected chi connectivity index (χ4v) is 3.44. The molecule has 1 aromatic rings. The molecule has 0 aliphatic carbocycles. The Morgan fingerprint density at radius 1 is 1.30 bits per heavy atom. The molecule has 0 amide bonds. The quantitative estimate of drug-likeness (QED) is 0.842. The van der Waals surface area contributed by atoms with Crippen molar-refractivity contribution in [3.05, 3.63) is 34.3 Å². The Morgan fingerprint density at radius 3 is 2.74 bits per heavy atom. The first-order valence-electron chi connectivity index (χ1n) is 7.95. The molecule has 2 aliphatic heterocycles. The third kappa shape index (κ3) is 3.62. The van der Waals surface area contributed by atoms with Gasteiger partial charge in [-0.1, -0.05) is 41.1 Å². The summed E-state index contributed by atoms with van der Waals surface area (Å²) in [5.41, 5.74) is 1.04. The van der Waals surface area contributed by atoms with Gasteiger partial charge in [0.05, 0.1) is 12.7 Å². The Bertz CT molecular complexity index is 550. The van der Waals surface area contributed by atoms with Crippen molar-refractivity contribution in [2.24, 2.45) is 0 Å². The Balaban J connectivity index is 1.74. The van der Waals surface area contributed by atoms with Crippen LogP contribution >= 0.6 is 15.9 Å². The van der Waals surface area contributed by atoms with Crippen LogP contribution in [0.5, 0.6) is 0 Å². The first-order chi connectivity index (χ1) is 10.9. The molecular weight excluding hydrogens is 364 g/mol. The SMILES string of the molecule is CC[C@@H](O)[C@H]1O[C@@H]2OC(C)(C)O[C@@H]2[C@H]1OCc1ccccc1Br. The number of hydrogen-bond donors (Lipinski definition) is 1. The summed E-state index contributed by atoms with van der Waals surface area (Å²) < 4.78 is 24.6. The van der Waals surface area contributed by atoms with E-state index in [4.69, 9.17) is 18.9 Å². The van der Waals surface area contributed by atoms with Gasteiger partial charge in [-0.15, -0.1) is 0 Å². The molecule has 2 aliphatic rings. The minimum atomic E-state index is -0.702. The number of rotatable bonds is 5. The molecule has 5 atom stereocenters. The van der Waals surface area contributed by atoms with Crippen LogP contribution in [0.2, 0.25) is 0 Å². The molecule has 0 aromatic heterocycles. The maximum Gasteiger partial charge on any atom is 0.190 e. The highest BCUT2D eigenvalue weighted by atomic mass is 79.9. The summed E-state index contributed by atoms with van der Waals surface area (Å²) in [5.74, 6) is -0.702. The van der Waals surface area contributed by atoms with Gasteiger partial charge in [0.1, 0.15) is 18.3 Å². The summed E-state index contributed by atoms with van der Waals surface area (Å²) in [7, 11) is 0. The molecule has 2 saturated heterocycles. The van der Waals surface area contributed by atoms with E-state index in [-0.39, 0.29) is 12.2 Å². The van der Waals surface area contributed by atoms with Gasteiger partial charge in [0.15, 0.2) is 12.1 Å². The van der Waals surface area contributed by atoms with E-state index in [0.29, 0.717) is 13.0 Å². The molecule has 0 spiro atoms. The van der Waals surface area contributed by atoms with Crippen molar-refractivity contribution < 1.29 is 24.1 Å². The summed E-state index contributed by atoms with van der Waals surface area (Å²) in [6.45, 7) is 6.03. The first-order valence-corrected chi connectivity index (χ1v) is 8.75. The Labute approximate surface area is 145 Å². The van der Waals surface area contributed by atoms with Gasteiger partial charge < -0.3 is 24.1 Å². The third-order valence-corrected chi connectivity index (χ3v) is 4.99. The van der Waals surface area contributed by atoms with Crippen molar-refractivity contribution in [1.29, 1.82) is 0 Å². The summed E-state index contributed by atoms with van der Waals surface area (Å²) in [4.78, 5) is 0. The zero-order valence-corrected chi connectivity index (χ0v) is 15.2. The lowest BCUT2D eigenvalue weighted by Gasteiger charge is -2.28. The lowest BCUT2D eigenvalue weighted by Crippen LogP contribution is -2.42. The van der Waals surface area contributed by atoms with Crippen molar-refractivity contribution in [1.82, 2.24) is 0 Å². The van der Waals surface area contributed by atoms with Crippen LogP contribution in [0.25, 0.3) is 0 Å². The third-order valence-electron chi connectivity index (χ3n) is 4.21. The van der Waals surface area contributed by atoms with Gasteiger partial charge in [-0.05, 0) is 31.9 Å². The fraction of sp³-hybridized carbons (Fsp3) is 0.647. The fourth-order valence-electron chi connectivity index (χ4n) is 3.04. The number of hydrogen-bond acceptors (Lipinski definition) is 5. The van der Waals surface area contributed by atoms with Crippen LogP contribution in [-0.4, -0.2) is 41.6 Å². The van der Waals surface area contributed by atoms with E-state index in [1.165, 1.54) is 0 Å². The number of halogens is 1. The molecule has 1 aromatic carbocycles. The number of aliphatic hydroxyl groups is 1. The first kappa shape index (κ1) is 17.3. The van der Waals surface area contributed by atoms with Crippen molar-refractivity contribution in [3.8, 4) is 0 Å². The molecule has 1 N–H and O–H groups in total. The van der Waals surface area contributed by atoms with E-state index >= 15 is 0 Å². The highest BCUT2D eigenvalue weighted by molar-refractivity contribution is 9.10. The molecular formula is C17H23BrO5. The maximum absolute atomic E-state index is 10.2. The molecule has 128 valence electrons. The molecule has 0 bridgehead atoms. The molecule has 0 unspecified atom stereocenters. The summed E-state index contributed by atoms with van der Waals surface area (Å²) in [6.07, 6.45) is -1.68. The Hall–Kier alpha value is -0.500. The second-order valence-corrected chi connectivity index (χ2v) is 7.27.